The summed E-state index contributed by atoms with van der Waals surface area (Å²) in [5, 5.41) is 0. The Morgan fingerprint density at radius 1 is 0.917 bits per heavy atom. The molecule has 2 aromatic rings. The molecule has 0 aliphatic carbocycles. The van der Waals surface area contributed by atoms with Crippen LogP contribution in [-0.2, 0) is 19.1 Å². The fourth-order valence-corrected chi connectivity index (χ4v) is 2.68. The zero-order valence-corrected chi connectivity index (χ0v) is 14.3. The number of rotatable bonds is 6. The molecule has 1 aromatic carbocycles. The van der Waals surface area contributed by atoms with Gasteiger partial charge in [-0.1, -0.05) is 12.1 Å². The second kappa shape index (κ2) is 7.33. The number of benzene rings is 1. The molecule has 0 saturated carbocycles. The molecule has 0 spiro atoms. The smallest absolute Gasteiger partial charge is 0.330 e. The summed E-state index contributed by atoms with van der Waals surface area (Å²) in [4.78, 5) is 37.0. The summed E-state index contributed by atoms with van der Waals surface area (Å²) in [5.41, 5.74) is 0.690. The molecule has 0 N–H and O–H groups in total. The minimum atomic E-state index is -0.794. The molecule has 0 amide bonds. The Kier molecular flexibility index (Phi) is 5.43. The zero-order valence-electron chi connectivity index (χ0n) is 14.3. The lowest BCUT2D eigenvalue weighted by Gasteiger charge is -2.13. The van der Waals surface area contributed by atoms with Crippen LogP contribution in [0.3, 0.4) is 0 Å². The molecular weight excluding hydrogens is 312 g/mol. The molecule has 0 radical (unpaired) electrons. The second-order valence-corrected chi connectivity index (χ2v) is 5.37. The monoisotopic (exact) mass is 334 g/mol. The van der Waals surface area contributed by atoms with Gasteiger partial charge in [0.2, 0.25) is 0 Å². The van der Waals surface area contributed by atoms with Crippen LogP contribution in [0.5, 0.6) is 0 Å². The topological polar surface area (TPSA) is 79.5 Å². The lowest BCUT2D eigenvalue weighted by atomic mass is 10.2. The van der Waals surface area contributed by atoms with E-state index in [1.807, 2.05) is 0 Å². The van der Waals surface area contributed by atoms with Gasteiger partial charge in [0.25, 0.3) is 0 Å². The van der Waals surface area contributed by atoms with Crippen LogP contribution in [0.25, 0.3) is 11.0 Å². The predicted octanol–water partition coefficient (Wildman–Crippen LogP) is 2.05. The second-order valence-electron chi connectivity index (χ2n) is 5.37. The molecule has 24 heavy (non-hydrogen) atoms. The number of hydrogen-bond donors (Lipinski definition) is 0. The maximum absolute atomic E-state index is 12.9. The van der Waals surface area contributed by atoms with Crippen LogP contribution in [0.15, 0.2) is 29.1 Å². The number of hydrogen-bond acceptors (Lipinski definition) is 5. The van der Waals surface area contributed by atoms with Crippen molar-refractivity contribution in [2.45, 2.75) is 39.8 Å². The van der Waals surface area contributed by atoms with Gasteiger partial charge in [-0.15, -0.1) is 0 Å². The van der Waals surface area contributed by atoms with E-state index in [0.717, 1.165) is 0 Å². The maximum Gasteiger partial charge on any atom is 0.330 e. The number of esters is 2. The molecule has 7 nitrogen and oxygen atoms in total. The molecule has 0 unspecified atom stereocenters. The minimum Gasteiger partial charge on any atom is -0.464 e. The maximum atomic E-state index is 12.9. The van der Waals surface area contributed by atoms with Crippen molar-refractivity contribution in [2.75, 3.05) is 13.2 Å². The van der Waals surface area contributed by atoms with Crippen LogP contribution >= 0.6 is 0 Å². The first-order valence-electron chi connectivity index (χ1n) is 7.98. The molecular formula is C17H22N2O5. The Morgan fingerprint density at radius 3 is 1.62 bits per heavy atom. The van der Waals surface area contributed by atoms with Crippen molar-refractivity contribution >= 4 is 23.0 Å². The van der Waals surface area contributed by atoms with Crippen molar-refractivity contribution in [1.82, 2.24) is 9.13 Å². The molecule has 0 aliphatic rings. The summed E-state index contributed by atoms with van der Waals surface area (Å²) < 4.78 is 12.7. The third-order valence-electron chi connectivity index (χ3n) is 3.84. The highest BCUT2D eigenvalue weighted by Gasteiger charge is 2.27. The highest BCUT2D eigenvalue weighted by molar-refractivity contribution is 5.83. The Morgan fingerprint density at radius 2 is 1.29 bits per heavy atom. The van der Waals surface area contributed by atoms with Gasteiger partial charge < -0.3 is 9.47 Å². The van der Waals surface area contributed by atoms with Gasteiger partial charge >= 0.3 is 17.6 Å². The summed E-state index contributed by atoms with van der Waals surface area (Å²) in [6, 6.07) is 5.43. The number of fused-ring (bicyclic) bond motifs is 1. The number of aromatic nitrogens is 2. The van der Waals surface area contributed by atoms with E-state index in [1.165, 1.54) is 9.13 Å². The molecule has 0 bridgehead atoms. The van der Waals surface area contributed by atoms with E-state index < -0.39 is 29.7 Å². The highest BCUT2D eigenvalue weighted by atomic mass is 16.5. The molecule has 7 heteroatoms. The quantitative estimate of drug-likeness (QED) is 0.755. The number of para-hydroxylation sites is 2. The average molecular weight is 334 g/mol. The first-order chi connectivity index (χ1) is 11.4. The fourth-order valence-electron chi connectivity index (χ4n) is 2.68. The zero-order chi connectivity index (χ0) is 17.9. The summed E-state index contributed by atoms with van der Waals surface area (Å²) in [6.07, 6.45) is 0. The SMILES string of the molecule is CCOC(=O)[C@H](C)n1c(=O)n([C@@H](C)C(=O)OCC)c2ccccc21. The number of nitrogens with zero attached hydrogens (tertiary/aromatic N) is 2. The summed E-state index contributed by atoms with van der Waals surface area (Å²) >= 11 is 0. The molecule has 0 saturated heterocycles. The third-order valence-corrected chi connectivity index (χ3v) is 3.84. The van der Waals surface area contributed by atoms with Gasteiger partial charge in [0.1, 0.15) is 12.1 Å². The molecule has 0 fully saturated rings. The largest absolute Gasteiger partial charge is 0.464 e. The summed E-state index contributed by atoms with van der Waals surface area (Å²) in [6.45, 7) is 7.08. The first kappa shape index (κ1) is 17.8. The number of carbonyl (C=O) groups excluding carboxylic acids is 2. The van der Waals surface area contributed by atoms with E-state index in [1.54, 1.807) is 52.0 Å². The van der Waals surface area contributed by atoms with Gasteiger partial charge in [-0.05, 0) is 39.8 Å². The molecule has 130 valence electrons. The van der Waals surface area contributed by atoms with Crippen LogP contribution in [0, 0.1) is 0 Å². The van der Waals surface area contributed by atoms with Crippen molar-refractivity contribution in [3.8, 4) is 0 Å². The number of carbonyl (C=O) groups is 2. The Labute approximate surface area is 139 Å². The lowest BCUT2D eigenvalue weighted by molar-refractivity contribution is -0.146. The standard InChI is InChI=1S/C17H22N2O5/c1-5-23-15(20)11(3)18-13-9-7-8-10-14(13)19(17(18)22)12(4)16(21)24-6-2/h7-12H,5-6H2,1-4H3/t11-,12-/m0/s1. The van der Waals surface area contributed by atoms with E-state index in [-0.39, 0.29) is 13.2 Å². The lowest BCUT2D eigenvalue weighted by Crippen LogP contribution is -2.34. The van der Waals surface area contributed by atoms with E-state index >= 15 is 0 Å². The van der Waals surface area contributed by atoms with Gasteiger partial charge in [-0.3, -0.25) is 9.13 Å². The molecule has 2 atom stereocenters. The average Bonchev–Trinajstić information content (AvgIpc) is 2.85. The van der Waals surface area contributed by atoms with Crippen molar-refractivity contribution in [1.29, 1.82) is 0 Å². The van der Waals surface area contributed by atoms with E-state index in [9.17, 15) is 14.4 Å². The van der Waals surface area contributed by atoms with Crippen molar-refractivity contribution in [3.63, 3.8) is 0 Å². The predicted molar refractivity (Wildman–Crippen MR) is 88.9 cm³/mol. The van der Waals surface area contributed by atoms with E-state index in [0.29, 0.717) is 11.0 Å². The van der Waals surface area contributed by atoms with Crippen molar-refractivity contribution < 1.29 is 19.1 Å². The molecule has 2 rings (SSSR count). The molecule has 1 aromatic heterocycles. The van der Waals surface area contributed by atoms with Crippen molar-refractivity contribution in [2.24, 2.45) is 0 Å². The molecule has 1 heterocycles. The summed E-state index contributed by atoms with van der Waals surface area (Å²) in [7, 11) is 0. The summed E-state index contributed by atoms with van der Waals surface area (Å²) in [5.74, 6) is -0.988. The van der Waals surface area contributed by atoms with Crippen LogP contribution in [0.1, 0.15) is 39.8 Å². The van der Waals surface area contributed by atoms with Gasteiger partial charge in [0.05, 0.1) is 24.2 Å². The van der Waals surface area contributed by atoms with Gasteiger partial charge in [0, 0.05) is 0 Å². The Hall–Kier alpha value is -2.57. The van der Waals surface area contributed by atoms with Crippen LogP contribution in [-0.4, -0.2) is 34.3 Å². The normalized spacial score (nSPS) is 13.5. The Bertz CT molecular complexity index is 741. The minimum absolute atomic E-state index is 0.232. The Balaban J connectivity index is 2.63. The number of ether oxygens (including phenoxy) is 2. The first-order valence-corrected chi connectivity index (χ1v) is 7.98. The van der Waals surface area contributed by atoms with E-state index in [2.05, 4.69) is 0 Å². The van der Waals surface area contributed by atoms with Crippen LogP contribution in [0.4, 0.5) is 0 Å². The fraction of sp³-hybridized carbons (Fsp3) is 0.471. The molecule has 0 aliphatic heterocycles. The van der Waals surface area contributed by atoms with Crippen LogP contribution < -0.4 is 5.69 Å². The van der Waals surface area contributed by atoms with Gasteiger partial charge in [-0.2, -0.15) is 0 Å². The highest BCUT2D eigenvalue weighted by Crippen LogP contribution is 2.21. The van der Waals surface area contributed by atoms with Gasteiger partial charge in [0.15, 0.2) is 0 Å². The van der Waals surface area contributed by atoms with E-state index in [4.69, 9.17) is 9.47 Å². The van der Waals surface area contributed by atoms with Crippen LogP contribution in [0.2, 0.25) is 0 Å². The number of imidazole rings is 1. The van der Waals surface area contributed by atoms with Gasteiger partial charge in [-0.25, -0.2) is 14.4 Å². The van der Waals surface area contributed by atoms with Crippen molar-refractivity contribution in [3.05, 3.63) is 34.7 Å². The third kappa shape index (κ3) is 3.06.